The van der Waals surface area contributed by atoms with Crippen molar-refractivity contribution in [1.29, 1.82) is 0 Å². The SMILES string of the molecule is COCCOc1cc(C(=O)Nc2ccc3cccnc3c2)cc(-n2ccnc2)c1. The second-order valence-corrected chi connectivity index (χ2v) is 6.39. The van der Waals surface area contributed by atoms with Gasteiger partial charge in [0, 0.05) is 48.4 Å². The summed E-state index contributed by atoms with van der Waals surface area (Å²) in [4.78, 5) is 21.3. The first kappa shape index (κ1) is 18.6. The molecule has 1 N–H and O–H groups in total. The summed E-state index contributed by atoms with van der Waals surface area (Å²) < 4.78 is 12.6. The maximum Gasteiger partial charge on any atom is 0.255 e. The molecule has 4 rings (SSSR count). The summed E-state index contributed by atoms with van der Waals surface area (Å²) in [6.07, 6.45) is 6.89. The van der Waals surface area contributed by atoms with Crippen molar-refractivity contribution in [3.05, 3.63) is 79.0 Å². The minimum atomic E-state index is -0.237. The molecule has 0 aliphatic heterocycles. The molecule has 0 bridgehead atoms. The number of nitrogens with zero attached hydrogens (tertiary/aromatic N) is 3. The molecule has 1 amide bonds. The summed E-state index contributed by atoms with van der Waals surface area (Å²) in [7, 11) is 1.61. The van der Waals surface area contributed by atoms with E-state index in [1.54, 1.807) is 38.0 Å². The summed E-state index contributed by atoms with van der Waals surface area (Å²) >= 11 is 0. The van der Waals surface area contributed by atoms with Gasteiger partial charge in [-0.05, 0) is 30.3 Å². The number of carbonyl (C=O) groups is 1. The van der Waals surface area contributed by atoms with Gasteiger partial charge in [0.25, 0.3) is 5.91 Å². The Morgan fingerprint density at radius 1 is 1.10 bits per heavy atom. The zero-order chi connectivity index (χ0) is 20.1. The zero-order valence-corrected chi connectivity index (χ0v) is 15.9. The fraction of sp³-hybridized carbons (Fsp3) is 0.136. The molecule has 0 radical (unpaired) electrons. The molecule has 0 aliphatic carbocycles. The number of benzene rings is 2. The third kappa shape index (κ3) is 4.41. The molecule has 7 nitrogen and oxygen atoms in total. The summed E-state index contributed by atoms with van der Waals surface area (Å²) in [5.41, 5.74) is 2.75. The predicted octanol–water partition coefficient (Wildman–Crippen LogP) is 3.70. The first-order valence-electron chi connectivity index (χ1n) is 9.14. The molecule has 2 heterocycles. The lowest BCUT2D eigenvalue weighted by Gasteiger charge is -2.12. The van der Waals surface area contributed by atoms with E-state index in [1.165, 1.54) is 0 Å². The summed E-state index contributed by atoms with van der Waals surface area (Å²) in [6.45, 7) is 0.849. The molecule has 29 heavy (non-hydrogen) atoms. The van der Waals surface area contributed by atoms with Gasteiger partial charge in [0.1, 0.15) is 12.4 Å². The zero-order valence-electron chi connectivity index (χ0n) is 15.9. The predicted molar refractivity (Wildman–Crippen MR) is 111 cm³/mol. The fourth-order valence-corrected chi connectivity index (χ4v) is 2.95. The number of ether oxygens (including phenoxy) is 2. The molecule has 0 saturated carbocycles. The van der Waals surface area contributed by atoms with Crippen LogP contribution in [0.4, 0.5) is 5.69 Å². The van der Waals surface area contributed by atoms with E-state index in [-0.39, 0.29) is 5.91 Å². The third-order valence-electron chi connectivity index (χ3n) is 4.38. The smallest absolute Gasteiger partial charge is 0.255 e. The number of anilines is 1. The standard InChI is InChI=1S/C22H20N4O3/c1-28-9-10-29-20-12-17(11-19(14-20)26-8-7-23-15-26)22(27)25-18-5-4-16-3-2-6-24-21(16)13-18/h2-8,11-15H,9-10H2,1H3,(H,25,27). The van der Waals surface area contributed by atoms with E-state index >= 15 is 0 Å². The highest BCUT2D eigenvalue weighted by atomic mass is 16.5. The average molecular weight is 388 g/mol. The van der Waals surface area contributed by atoms with Crippen molar-refractivity contribution < 1.29 is 14.3 Å². The van der Waals surface area contributed by atoms with Crippen molar-refractivity contribution >= 4 is 22.5 Å². The van der Waals surface area contributed by atoms with Gasteiger partial charge in [0.2, 0.25) is 0 Å². The Labute approximate surface area is 167 Å². The van der Waals surface area contributed by atoms with Crippen LogP contribution in [-0.4, -0.2) is 40.8 Å². The van der Waals surface area contributed by atoms with Crippen LogP contribution in [0.1, 0.15) is 10.4 Å². The average Bonchev–Trinajstić information content (AvgIpc) is 3.29. The maximum atomic E-state index is 12.9. The summed E-state index contributed by atoms with van der Waals surface area (Å²) in [5, 5.41) is 3.95. The second-order valence-electron chi connectivity index (χ2n) is 6.39. The molecule has 2 aromatic heterocycles. The molecule has 0 atom stereocenters. The van der Waals surface area contributed by atoms with E-state index in [9.17, 15) is 4.79 Å². The van der Waals surface area contributed by atoms with E-state index < -0.39 is 0 Å². The van der Waals surface area contributed by atoms with E-state index in [4.69, 9.17) is 9.47 Å². The van der Waals surface area contributed by atoms with Crippen molar-refractivity contribution in [3.63, 3.8) is 0 Å². The van der Waals surface area contributed by atoms with Crippen LogP contribution in [0.2, 0.25) is 0 Å². The van der Waals surface area contributed by atoms with Crippen LogP contribution >= 0.6 is 0 Å². The first-order chi connectivity index (χ1) is 14.2. The van der Waals surface area contributed by atoms with Crippen molar-refractivity contribution in [2.24, 2.45) is 0 Å². The Balaban J connectivity index is 1.61. The lowest BCUT2D eigenvalue weighted by Crippen LogP contribution is -2.13. The van der Waals surface area contributed by atoms with Crippen LogP contribution in [0.3, 0.4) is 0 Å². The number of methoxy groups -OCH3 is 1. The van der Waals surface area contributed by atoms with Gasteiger partial charge < -0.3 is 19.4 Å². The Morgan fingerprint density at radius 3 is 2.86 bits per heavy atom. The number of rotatable bonds is 7. The molecule has 146 valence electrons. The molecule has 0 unspecified atom stereocenters. The Morgan fingerprint density at radius 2 is 2.03 bits per heavy atom. The van der Waals surface area contributed by atoms with Crippen LogP contribution < -0.4 is 10.1 Å². The molecule has 0 fully saturated rings. The topological polar surface area (TPSA) is 78.3 Å². The van der Waals surface area contributed by atoms with E-state index in [0.717, 1.165) is 16.6 Å². The number of nitrogens with one attached hydrogen (secondary N) is 1. The molecule has 4 aromatic rings. The van der Waals surface area contributed by atoms with Crippen molar-refractivity contribution in [2.45, 2.75) is 0 Å². The summed E-state index contributed by atoms with van der Waals surface area (Å²) in [5.74, 6) is 0.345. The minimum absolute atomic E-state index is 0.237. The van der Waals surface area contributed by atoms with Gasteiger partial charge in [-0.3, -0.25) is 9.78 Å². The molecule has 7 heteroatoms. The highest BCUT2D eigenvalue weighted by Crippen LogP contribution is 2.22. The van der Waals surface area contributed by atoms with Gasteiger partial charge in [0.15, 0.2) is 0 Å². The van der Waals surface area contributed by atoms with E-state index in [1.807, 2.05) is 47.2 Å². The number of pyridine rings is 1. The number of hydrogen-bond acceptors (Lipinski definition) is 5. The van der Waals surface area contributed by atoms with Gasteiger partial charge in [-0.15, -0.1) is 0 Å². The number of fused-ring (bicyclic) bond motifs is 1. The molecule has 2 aromatic carbocycles. The monoisotopic (exact) mass is 388 g/mol. The molecule has 0 spiro atoms. The Hall–Kier alpha value is -3.71. The van der Waals surface area contributed by atoms with Crippen molar-refractivity contribution in [3.8, 4) is 11.4 Å². The van der Waals surface area contributed by atoms with Crippen LogP contribution in [0, 0.1) is 0 Å². The lowest BCUT2D eigenvalue weighted by atomic mass is 10.1. The fourth-order valence-electron chi connectivity index (χ4n) is 2.95. The highest BCUT2D eigenvalue weighted by Gasteiger charge is 2.12. The van der Waals surface area contributed by atoms with Crippen molar-refractivity contribution in [2.75, 3.05) is 25.6 Å². The van der Waals surface area contributed by atoms with Gasteiger partial charge >= 0.3 is 0 Å². The Bertz CT molecular complexity index is 1130. The largest absolute Gasteiger partial charge is 0.491 e. The van der Waals surface area contributed by atoms with E-state index in [0.29, 0.717) is 30.2 Å². The van der Waals surface area contributed by atoms with Crippen molar-refractivity contribution in [1.82, 2.24) is 14.5 Å². The van der Waals surface area contributed by atoms with Crippen LogP contribution in [0.25, 0.3) is 16.6 Å². The minimum Gasteiger partial charge on any atom is -0.491 e. The number of amides is 1. The third-order valence-corrected chi connectivity index (χ3v) is 4.38. The second kappa shape index (κ2) is 8.53. The number of hydrogen-bond donors (Lipinski definition) is 1. The van der Waals surface area contributed by atoms with Gasteiger partial charge in [-0.25, -0.2) is 4.98 Å². The molecular weight excluding hydrogens is 368 g/mol. The van der Waals surface area contributed by atoms with Crippen LogP contribution in [-0.2, 0) is 4.74 Å². The maximum absolute atomic E-state index is 12.9. The van der Waals surface area contributed by atoms with E-state index in [2.05, 4.69) is 15.3 Å². The first-order valence-corrected chi connectivity index (χ1v) is 9.14. The lowest BCUT2D eigenvalue weighted by molar-refractivity contribution is 0.102. The Kier molecular flexibility index (Phi) is 5.49. The number of aromatic nitrogens is 3. The van der Waals surface area contributed by atoms with Crippen LogP contribution in [0.5, 0.6) is 5.75 Å². The van der Waals surface area contributed by atoms with Gasteiger partial charge in [-0.2, -0.15) is 0 Å². The normalized spacial score (nSPS) is 10.8. The quantitative estimate of drug-likeness (QED) is 0.489. The van der Waals surface area contributed by atoms with Gasteiger partial charge in [0.05, 0.1) is 24.1 Å². The highest BCUT2D eigenvalue weighted by molar-refractivity contribution is 6.05. The summed E-state index contributed by atoms with van der Waals surface area (Å²) in [6, 6.07) is 14.9. The molecule has 0 saturated heterocycles. The van der Waals surface area contributed by atoms with Crippen LogP contribution in [0.15, 0.2) is 73.4 Å². The number of imidazole rings is 1. The number of carbonyl (C=O) groups excluding carboxylic acids is 1. The van der Waals surface area contributed by atoms with Gasteiger partial charge in [-0.1, -0.05) is 12.1 Å². The molecular formula is C22H20N4O3. The molecule has 0 aliphatic rings.